The molecule has 0 radical (unpaired) electrons. The summed E-state index contributed by atoms with van der Waals surface area (Å²) >= 11 is 0. The van der Waals surface area contributed by atoms with Crippen LogP contribution in [0.15, 0.2) is 48.5 Å². The number of nitrogens with one attached hydrogen (secondary N) is 1. The van der Waals surface area contributed by atoms with Gasteiger partial charge in [-0.3, -0.25) is 9.10 Å². The molecule has 8 heteroatoms. The largest absolute Gasteiger partial charge is 0.493 e. The predicted molar refractivity (Wildman–Crippen MR) is 119 cm³/mol. The summed E-state index contributed by atoms with van der Waals surface area (Å²) in [4.78, 5) is 12.5. The molecule has 0 saturated carbocycles. The fourth-order valence-electron chi connectivity index (χ4n) is 3.22. The third kappa shape index (κ3) is 6.38. The Hall–Kier alpha value is -2.74. The normalized spacial score (nSPS) is 12.1. The Morgan fingerprint density at radius 1 is 1.07 bits per heavy atom. The number of rotatable bonds is 11. The second-order valence-electron chi connectivity index (χ2n) is 6.92. The van der Waals surface area contributed by atoms with Gasteiger partial charge in [0.2, 0.25) is 15.9 Å². The number of carbonyl (C=O) groups is 1. The second kappa shape index (κ2) is 10.9. The maximum Gasteiger partial charge on any atom is 0.232 e. The highest BCUT2D eigenvalue weighted by atomic mass is 32.2. The number of anilines is 1. The van der Waals surface area contributed by atoms with Crippen molar-refractivity contribution in [2.45, 2.75) is 32.2 Å². The number of benzene rings is 2. The average Bonchev–Trinajstić information content (AvgIpc) is 2.74. The van der Waals surface area contributed by atoms with Gasteiger partial charge < -0.3 is 14.8 Å². The quantitative estimate of drug-likeness (QED) is 0.585. The van der Waals surface area contributed by atoms with Crippen LogP contribution in [0.25, 0.3) is 0 Å². The predicted octanol–water partition coefficient (Wildman–Crippen LogP) is 3.52. The number of ether oxygens (including phenoxy) is 2. The first-order valence-corrected chi connectivity index (χ1v) is 11.7. The molecule has 0 spiro atoms. The maximum atomic E-state index is 12.5. The Morgan fingerprint density at radius 3 is 2.30 bits per heavy atom. The van der Waals surface area contributed by atoms with E-state index < -0.39 is 10.0 Å². The number of para-hydroxylation sites is 1. The van der Waals surface area contributed by atoms with Crippen LogP contribution in [0.3, 0.4) is 0 Å². The molecule has 2 aromatic carbocycles. The minimum atomic E-state index is -3.43. The van der Waals surface area contributed by atoms with Crippen LogP contribution in [0.4, 0.5) is 5.69 Å². The first-order valence-electron chi connectivity index (χ1n) is 9.84. The Bertz CT molecular complexity index is 932. The van der Waals surface area contributed by atoms with Gasteiger partial charge in [0.1, 0.15) is 0 Å². The molecule has 2 rings (SSSR count). The van der Waals surface area contributed by atoms with Crippen molar-refractivity contribution in [1.29, 1.82) is 0 Å². The van der Waals surface area contributed by atoms with Crippen LogP contribution in [0, 0.1) is 0 Å². The number of nitrogens with zero attached hydrogens (tertiary/aromatic N) is 1. The van der Waals surface area contributed by atoms with E-state index >= 15 is 0 Å². The van der Waals surface area contributed by atoms with E-state index in [9.17, 15) is 13.2 Å². The molecule has 1 atom stereocenters. The van der Waals surface area contributed by atoms with Gasteiger partial charge in [0.25, 0.3) is 0 Å². The fourth-order valence-corrected chi connectivity index (χ4v) is 4.19. The van der Waals surface area contributed by atoms with Crippen LogP contribution in [-0.2, 0) is 14.8 Å². The molecule has 7 nitrogen and oxygen atoms in total. The fraction of sp³-hybridized carbons (Fsp3) is 0.409. The number of hydrogen-bond donors (Lipinski definition) is 1. The van der Waals surface area contributed by atoms with Crippen LogP contribution in [0.2, 0.25) is 0 Å². The summed E-state index contributed by atoms with van der Waals surface area (Å²) in [7, 11) is -0.279. The van der Waals surface area contributed by atoms with Gasteiger partial charge in [-0.2, -0.15) is 0 Å². The Balaban J connectivity index is 1.98. The van der Waals surface area contributed by atoms with E-state index in [-0.39, 0.29) is 24.9 Å². The molecular weight excluding hydrogens is 404 g/mol. The topological polar surface area (TPSA) is 84.9 Å². The molecule has 0 bridgehead atoms. The van der Waals surface area contributed by atoms with Crippen LogP contribution < -0.4 is 19.1 Å². The molecule has 0 heterocycles. The van der Waals surface area contributed by atoms with Gasteiger partial charge in [0.05, 0.1) is 32.2 Å². The maximum absolute atomic E-state index is 12.5. The second-order valence-corrected chi connectivity index (χ2v) is 8.82. The zero-order chi connectivity index (χ0) is 22.1. The lowest BCUT2D eigenvalue weighted by Crippen LogP contribution is -2.32. The van der Waals surface area contributed by atoms with Crippen molar-refractivity contribution in [2.75, 3.05) is 31.3 Å². The molecular formula is C22H30N2O5S. The van der Waals surface area contributed by atoms with Crippen molar-refractivity contribution in [3.05, 3.63) is 54.1 Å². The molecule has 0 aromatic heterocycles. The summed E-state index contributed by atoms with van der Waals surface area (Å²) < 4.78 is 36.2. The van der Waals surface area contributed by atoms with E-state index in [4.69, 9.17) is 9.47 Å². The average molecular weight is 435 g/mol. The van der Waals surface area contributed by atoms with Crippen molar-refractivity contribution >= 4 is 21.6 Å². The third-order valence-corrected chi connectivity index (χ3v) is 5.96. The van der Waals surface area contributed by atoms with Crippen LogP contribution in [0.1, 0.15) is 37.8 Å². The third-order valence-electron chi connectivity index (χ3n) is 4.76. The van der Waals surface area contributed by atoms with Gasteiger partial charge in [-0.15, -0.1) is 0 Å². The summed E-state index contributed by atoms with van der Waals surface area (Å²) in [6.45, 7) is 2.23. The summed E-state index contributed by atoms with van der Waals surface area (Å²) in [5.41, 5.74) is 1.52. The van der Waals surface area contributed by atoms with Crippen molar-refractivity contribution in [3.63, 3.8) is 0 Å². The first kappa shape index (κ1) is 23.5. The zero-order valence-corrected chi connectivity index (χ0v) is 18.7. The SMILES string of the molecule is CC[C@@H](NC(=O)CCCN(c1ccccc1)S(C)(=O)=O)c1ccc(OC)c(OC)c1. The summed E-state index contributed by atoms with van der Waals surface area (Å²) in [5.74, 6) is 1.11. The molecule has 0 aliphatic rings. The number of carbonyl (C=O) groups excluding carboxylic acids is 1. The van der Waals surface area contributed by atoms with Crippen molar-refractivity contribution in [1.82, 2.24) is 5.32 Å². The molecule has 0 unspecified atom stereocenters. The zero-order valence-electron chi connectivity index (χ0n) is 17.9. The van der Waals surface area contributed by atoms with Crippen LogP contribution >= 0.6 is 0 Å². The van der Waals surface area contributed by atoms with Crippen LogP contribution in [0.5, 0.6) is 11.5 Å². The lowest BCUT2D eigenvalue weighted by Gasteiger charge is -2.23. The molecule has 0 aliphatic heterocycles. The Morgan fingerprint density at radius 2 is 1.73 bits per heavy atom. The minimum absolute atomic E-state index is 0.127. The van der Waals surface area contributed by atoms with Gasteiger partial charge in [0, 0.05) is 13.0 Å². The summed E-state index contributed by atoms with van der Waals surface area (Å²) in [6.07, 6.45) is 2.52. The van der Waals surface area contributed by atoms with Gasteiger partial charge in [0.15, 0.2) is 11.5 Å². The molecule has 2 aromatic rings. The smallest absolute Gasteiger partial charge is 0.232 e. The Kier molecular flexibility index (Phi) is 8.53. The van der Waals surface area contributed by atoms with E-state index in [2.05, 4.69) is 5.32 Å². The lowest BCUT2D eigenvalue weighted by molar-refractivity contribution is -0.121. The standard InChI is InChI=1S/C22H30N2O5S/c1-5-19(17-13-14-20(28-2)21(16-17)29-3)23-22(25)12-9-15-24(30(4,26)27)18-10-7-6-8-11-18/h6-8,10-11,13-14,16,19H,5,9,12,15H2,1-4H3,(H,23,25)/t19-/m1/s1. The van der Waals surface area contributed by atoms with E-state index in [1.54, 1.807) is 38.5 Å². The number of methoxy groups -OCH3 is 2. The minimum Gasteiger partial charge on any atom is -0.493 e. The number of sulfonamides is 1. The van der Waals surface area contributed by atoms with Crippen LogP contribution in [-0.4, -0.2) is 41.3 Å². The van der Waals surface area contributed by atoms with Gasteiger partial charge >= 0.3 is 0 Å². The van der Waals surface area contributed by atoms with E-state index in [0.29, 0.717) is 30.0 Å². The highest BCUT2D eigenvalue weighted by Gasteiger charge is 2.19. The monoisotopic (exact) mass is 434 g/mol. The molecule has 164 valence electrons. The van der Waals surface area contributed by atoms with Gasteiger partial charge in [-0.1, -0.05) is 31.2 Å². The van der Waals surface area contributed by atoms with Gasteiger partial charge in [-0.05, 0) is 42.7 Å². The van der Waals surface area contributed by atoms with Crippen molar-refractivity contribution < 1.29 is 22.7 Å². The van der Waals surface area contributed by atoms with E-state index in [1.807, 2.05) is 31.2 Å². The molecule has 30 heavy (non-hydrogen) atoms. The van der Waals surface area contributed by atoms with Crippen molar-refractivity contribution in [2.24, 2.45) is 0 Å². The molecule has 1 N–H and O–H groups in total. The van der Waals surface area contributed by atoms with Crippen molar-refractivity contribution in [3.8, 4) is 11.5 Å². The summed E-state index contributed by atoms with van der Waals surface area (Å²) in [6, 6.07) is 14.3. The first-order chi connectivity index (χ1) is 14.3. The van der Waals surface area contributed by atoms with E-state index in [0.717, 1.165) is 5.56 Å². The lowest BCUT2D eigenvalue weighted by atomic mass is 10.0. The highest BCUT2D eigenvalue weighted by Crippen LogP contribution is 2.31. The number of amides is 1. The van der Waals surface area contributed by atoms with E-state index in [1.165, 1.54) is 10.6 Å². The number of hydrogen-bond acceptors (Lipinski definition) is 5. The highest BCUT2D eigenvalue weighted by molar-refractivity contribution is 7.92. The van der Waals surface area contributed by atoms with Gasteiger partial charge in [-0.25, -0.2) is 8.42 Å². The molecule has 1 amide bonds. The summed E-state index contributed by atoms with van der Waals surface area (Å²) in [5, 5.41) is 3.02. The molecule has 0 fully saturated rings. The molecule has 0 saturated heterocycles. The molecule has 0 aliphatic carbocycles. The Labute approximate surface area is 179 Å².